The van der Waals surface area contributed by atoms with Crippen LogP contribution in [0.4, 0.5) is 4.79 Å². The van der Waals surface area contributed by atoms with Crippen molar-refractivity contribution >= 4 is 11.9 Å². The Morgan fingerprint density at radius 3 is 2.05 bits per heavy atom. The van der Waals surface area contributed by atoms with Gasteiger partial charge in [-0.1, -0.05) is 33.6 Å². The van der Waals surface area contributed by atoms with E-state index in [1.807, 2.05) is 20.8 Å². The largest absolute Gasteiger partial charge is 0.446 e. The zero-order valence-corrected chi connectivity index (χ0v) is 12.6. The molecule has 1 rings (SSSR count). The van der Waals surface area contributed by atoms with Crippen molar-refractivity contribution in [3.05, 3.63) is 0 Å². The van der Waals surface area contributed by atoms with E-state index in [-0.39, 0.29) is 17.3 Å². The third kappa shape index (κ3) is 5.62. The lowest BCUT2D eigenvalue weighted by Crippen LogP contribution is -2.49. The number of hydrogen-bond donors (Lipinski definition) is 1. The van der Waals surface area contributed by atoms with E-state index in [9.17, 15) is 9.59 Å². The molecule has 0 spiro atoms. The molecule has 1 N–H and O–H groups in total. The van der Waals surface area contributed by atoms with Gasteiger partial charge in [0.05, 0.1) is 6.04 Å². The molecule has 0 unspecified atom stereocenters. The summed E-state index contributed by atoms with van der Waals surface area (Å²) in [4.78, 5) is 23.5. The SMILES string of the molecule is CC(=O)[C@@H](NC(=O)OC1CCCCCC1)C(C)(C)C. The molecule has 0 aliphatic heterocycles. The highest BCUT2D eigenvalue weighted by atomic mass is 16.6. The molecular weight excluding hydrogens is 242 g/mol. The number of carbonyl (C=O) groups is 2. The van der Waals surface area contributed by atoms with E-state index in [4.69, 9.17) is 4.74 Å². The zero-order chi connectivity index (χ0) is 14.5. The average Bonchev–Trinajstić information content (AvgIpc) is 2.52. The molecule has 1 atom stereocenters. The van der Waals surface area contributed by atoms with Crippen molar-refractivity contribution in [3.63, 3.8) is 0 Å². The van der Waals surface area contributed by atoms with E-state index in [1.54, 1.807) is 0 Å². The Morgan fingerprint density at radius 2 is 1.63 bits per heavy atom. The maximum atomic E-state index is 11.9. The first-order chi connectivity index (χ1) is 8.80. The number of carbonyl (C=O) groups excluding carboxylic acids is 2. The number of alkyl carbamates (subject to hydrolysis) is 1. The molecule has 0 aromatic carbocycles. The van der Waals surface area contributed by atoms with Gasteiger partial charge in [-0.15, -0.1) is 0 Å². The van der Waals surface area contributed by atoms with Gasteiger partial charge in [0, 0.05) is 0 Å². The molecule has 0 aromatic rings. The summed E-state index contributed by atoms with van der Waals surface area (Å²) in [5.74, 6) is -0.0367. The van der Waals surface area contributed by atoms with Crippen molar-refractivity contribution in [2.75, 3.05) is 0 Å². The van der Waals surface area contributed by atoms with Crippen LogP contribution in [0.1, 0.15) is 66.2 Å². The lowest BCUT2D eigenvalue weighted by molar-refractivity contribution is -0.121. The number of amides is 1. The van der Waals surface area contributed by atoms with E-state index in [2.05, 4.69) is 5.32 Å². The molecule has 0 heterocycles. The van der Waals surface area contributed by atoms with Gasteiger partial charge in [-0.05, 0) is 38.0 Å². The average molecular weight is 269 g/mol. The van der Waals surface area contributed by atoms with Crippen molar-refractivity contribution in [1.29, 1.82) is 0 Å². The number of ether oxygens (including phenoxy) is 1. The molecule has 0 aromatic heterocycles. The number of Topliss-reactive ketones (excluding diaryl/α,β-unsaturated/α-hetero) is 1. The van der Waals surface area contributed by atoms with Gasteiger partial charge >= 0.3 is 6.09 Å². The van der Waals surface area contributed by atoms with Crippen LogP contribution < -0.4 is 5.32 Å². The summed E-state index contributed by atoms with van der Waals surface area (Å²) in [6, 6.07) is -0.495. The van der Waals surface area contributed by atoms with Gasteiger partial charge in [-0.25, -0.2) is 4.79 Å². The standard InChI is InChI=1S/C15H27NO3/c1-11(17)13(15(2,3)4)16-14(18)19-12-9-7-5-6-8-10-12/h12-13H,5-10H2,1-4H3,(H,16,18)/t13-/m1/s1. The summed E-state index contributed by atoms with van der Waals surface area (Å²) in [6.07, 6.45) is 6.11. The molecule has 0 bridgehead atoms. The van der Waals surface area contributed by atoms with Gasteiger partial charge in [0.1, 0.15) is 6.10 Å². The number of nitrogens with one attached hydrogen (secondary N) is 1. The van der Waals surface area contributed by atoms with Crippen LogP contribution in [0.2, 0.25) is 0 Å². The van der Waals surface area contributed by atoms with E-state index in [1.165, 1.54) is 19.8 Å². The molecule has 4 heteroatoms. The van der Waals surface area contributed by atoms with Crippen molar-refractivity contribution in [2.45, 2.75) is 78.4 Å². The fourth-order valence-electron chi connectivity index (χ4n) is 2.59. The summed E-state index contributed by atoms with van der Waals surface area (Å²) >= 11 is 0. The summed E-state index contributed by atoms with van der Waals surface area (Å²) in [6.45, 7) is 7.31. The molecule has 1 fully saturated rings. The Bertz CT molecular complexity index is 312. The van der Waals surface area contributed by atoms with Crippen LogP contribution in [-0.4, -0.2) is 24.0 Å². The Kier molecular flexibility index (Phi) is 5.83. The molecule has 19 heavy (non-hydrogen) atoms. The van der Waals surface area contributed by atoms with E-state index in [0.717, 1.165) is 25.7 Å². The number of rotatable bonds is 3. The van der Waals surface area contributed by atoms with Gasteiger partial charge in [-0.2, -0.15) is 0 Å². The highest BCUT2D eigenvalue weighted by Gasteiger charge is 2.31. The third-order valence-electron chi connectivity index (χ3n) is 3.61. The molecule has 1 aliphatic carbocycles. The van der Waals surface area contributed by atoms with Crippen molar-refractivity contribution < 1.29 is 14.3 Å². The third-order valence-corrected chi connectivity index (χ3v) is 3.61. The van der Waals surface area contributed by atoms with Gasteiger partial charge in [0.2, 0.25) is 0 Å². The molecular formula is C15H27NO3. The fraction of sp³-hybridized carbons (Fsp3) is 0.867. The Hall–Kier alpha value is -1.06. The molecule has 110 valence electrons. The minimum Gasteiger partial charge on any atom is -0.446 e. The monoisotopic (exact) mass is 269 g/mol. The predicted octanol–water partition coefficient (Wildman–Crippen LogP) is 3.44. The van der Waals surface area contributed by atoms with Gasteiger partial charge < -0.3 is 10.1 Å². The minimum absolute atomic E-state index is 0.00933. The summed E-state index contributed by atoms with van der Waals surface area (Å²) in [7, 11) is 0. The van der Waals surface area contributed by atoms with Crippen molar-refractivity contribution in [2.24, 2.45) is 5.41 Å². The second kappa shape index (κ2) is 6.92. The predicted molar refractivity (Wildman–Crippen MR) is 75.0 cm³/mol. The quantitative estimate of drug-likeness (QED) is 0.798. The molecule has 0 saturated heterocycles. The number of ketones is 1. The Balaban J connectivity index is 2.50. The van der Waals surface area contributed by atoms with Crippen LogP contribution in [0.5, 0.6) is 0 Å². The van der Waals surface area contributed by atoms with Gasteiger partial charge in [0.15, 0.2) is 5.78 Å². The van der Waals surface area contributed by atoms with E-state index in [0.29, 0.717) is 0 Å². The normalized spacial score (nSPS) is 19.4. The second-order valence-electron chi connectivity index (χ2n) is 6.57. The lowest BCUT2D eigenvalue weighted by Gasteiger charge is -2.29. The van der Waals surface area contributed by atoms with E-state index >= 15 is 0 Å². The number of hydrogen-bond acceptors (Lipinski definition) is 3. The molecule has 0 radical (unpaired) electrons. The smallest absolute Gasteiger partial charge is 0.408 e. The fourth-order valence-corrected chi connectivity index (χ4v) is 2.59. The lowest BCUT2D eigenvalue weighted by atomic mass is 9.85. The molecule has 1 aliphatic rings. The topological polar surface area (TPSA) is 55.4 Å². The minimum atomic E-state index is -0.495. The van der Waals surface area contributed by atoms with E-state index < -0.39 is 12.1 Å². The summed E-state index contributed by atoms with van der Waals surface area (Å²) in [5, 5.41) is 2.71. The van der Waals surface area contributed by atoms with Crippen molar-refractivity contribution in [3.8, 4) is 0 Å². The highest BCUT2D eigenvalue weighted by molar-refractivity contribution is 5.86. The second-order valence-corrected chi connectivity index (χ2v) is 6.57. The van der Waals surface area contributed by atoms with Gasteiger partial charge in [0.25, 0.3) is 0 Å². The Labute approximate surface area is 116 Å². The van der Waals surface area contributed by atoms with Crippen LogP contribution in [0.15, 0.2) is 0 Å². The van der Waals surface area contributed by atoms with Crippen LogP contribution in [0.3, 0.4) is 0 Å². The first-order valence-corrected chi connectivity index (χ1v) is 7.28. The van der Waals surface area contributed by atoms with Crippen LogP contribution in [-0.2, 0) is 9.53 Å². The van der Waals surface area contributed by atoms with Gasteiger partial charge in [-0.3, -0.25) is 4.79 Å². The Morgan fingerprint density at radius 1 is 1.11 bits per heavy atom. The van der Waals surface area contributed by atoms with Crippen LogP contribution >= 0.6 is 0 Å². The molecule has 1 saturated carbocycles. The summed E-state index contributed by atoms with van der Waals surface area (Å²) < 4.78 is 5.44. The van der Waals surface area contributed by atoms with Crippen LogP contribution in [0.25, 0.3) is 0 Å². The molecule has 1 amide bonds. The first-order valence-electron chi connectivity index (χ1n) is 7.28. The zero-order valence-electron chi connectivity index (χ0n) is 12.6. The van der Waals surface area contributed by atoms with Crippen molar-refractivity contribution in [1.82, 2.24) is 5.32 Å². The first kappa shape index (κ1) is 16.0. The molecule has 4 nitrogen and oxygen atoms in total. The maximum Gasteiger partial charge on any atom is 0.408 e. The summed E-state index contributed by atoms with van der Waals surface area (Å²) in [5.41, 5.74) is -0.297. The van der Waals surface area contributed by atoms with Crippen LogP contribution in [0, 0.1) is 5.41 Å². The highest BCUT2D eigenvalue weighted by Crippen LogP contribution is 2.22. The maximum absolute atomic E-state index is 11.9.